The maximum atomic E-state index is 5.70. The Hall–Kier alpha value is 0.0600. The third-order valence-electron chi connectivity index (χ3n) is 1.90. The van der Waals surface area contributed by atoms with Gasteiger partial charge in [-0.2, -0.15) is 11.3 Å². The van der Waals surface area contributed by atoms with Crippen molar-refractivity contribution in [2.75, 3.05) is 6.61 Å². The van der Waals surface area contributed by atoms with Crippen LogP contribution in [0.2, 0.25) is 0 Å². The summed E-state index contributed by atoms with van der Waals surface area (Å²) in [7, 11) is 0. The van der Waals surface area contributed by atoms with Crippen molar-refractivity contribution in [3.63, 3.8) is 0 Å². The van der Waals surface area contributed by atoms with Gasteiger partial charge in [0.05, 0.1) is 18.2 Å². The monoisotopic (exact) mass is 292 g/mol. The minimum atomic E-state index is -0.141. The van der Waals surface area contributed by atoms with Gasteiger partial charge < -0.3 is 4.74 Å². The van der Waals surface area contributed by atoms with Crippen LogP contribution in [0.1, 0.15) is 32.4 Å². The summed E-state index contributed by atoms with van der Waals surface area (Å²) in [6.45, 7) is 6.66. The first-order valence-corrected chi connectivity index (χ1v) is 6.49. The molecule has 5 heteroatoms. The summed E-state index contributed by atoms with van der Waals surface area (Å²) in [6, 6.07) is 0.0323. The Balaban J connectivity index is 2.61. The highest BCUT2D eigenvalue weighted by atomic mass is 79.9. The van der Waals surface area contributed by atoms with Gasteiger partial charge in [-0.25, -0.2) is 0 Å². The number of thiophene rings is 1. The highest BCUT2D eigenvalue weighted by molar-refractivity contribution is 9.10. The van der Waals surface area contributed by atoms with Crippen molar-refractivity contribution in [3.05, 3.63) is 20.8 Å². The van der Waals surface area contributed by atoms with Gasteiger partial charge in [-0.3, -0.25) is 11.3 Å². The molecule has 15 heavy (non-hydrogen) atoms. The fourth-order valence-electron chi connectivity index (χ4n) is 1.10. The van der Waals surface area contributed by atoms with Crippen molar-refractivity contribution >= 4 is 27.3 Å². The number of halogens is 1. The summed E-state index contributed by atoms with van der Waals surface area (Å²) in [6.07, 6.45) is 0. The molecule has 86 valence electrons. The molecular weight excluding hydrogens is 276 g/mol. The van der Waals surface area contributed by atoms with E-state index in [9.17, 15) is 0 Å². The van der Waals surface area contributed by atoms with Gasteiger partial charge in [-0.15, -0.1) is 0 Å². The molecule has 3 nitrogen and oxygen atoms in total. The smallest absolute Gasteiger partial charge is 0.0713 e. The predicted molar refractivity (Wildman–Crippen MR) is 67.8 cm³/mol. The van der Waals surface area contributed by atoms with Gasteiger partial charge in [-0.1, -0.05) is 0 Å². The number of rotatable bonds is 4. The molecule has 0 radical (unpaired) electrons. The summed E-state index contributed by atoms with van der Waals surface area (Å²) in [5, 5.41) is 4.11. The molecule has 0 saturated carbocycles. The van der Waals surface area contributed by atoms with Crippen molar-refractivity contribution in [2.45, 2.75) is 32.4 Å². The molecule has 0 aliphatic heterocycles. The molecule has 1 aromatic rings. The van der Waals surface area contributed by atoms with Gasteiger partial charge in [-0.05, 0) is 47.6 Å². The van der Waals surface area contributed by atoms with Crippen molar-refractivity contribution in [1.82, 2.24) is 5.43 Å². The summed E-state index contributed by atoms with van der Waals surface area (Å²) >= 11 is 5.13. The highest BCUT2D eigenvalue weighted by Gasteiger charge is 2.18. The third-order valence-corrected chi connectivity index (χ3v) is 3.65. The SMILES string of the molecule is CC(C)(C)OCC(NN)c1cscc1Br. The first-order chi connectivity index (χ1) is 6.94. The van der Waals surface area contributed by atoms with Crippen LogP contribution in [0.4, 0.5) is 0 Å². The second-order valence-corrected chi connectivity index (χ2v) is 5.92. The number of ether oxygens (including phenoxy) is 1. The molecule has 1 aromatic heterocycles. The summed E-state index contributed by atoms with van der Waals surface area (Å²) in [4.78, 5) is 0. The second kappa shape index (κ2) is 5.41. The van der Waals surface area contributed by atoms with E-state index in [0.29, 0.717) is 6.61 Å². The topological polar surface area (TPSA) is 47.3 Å². The molecule has 0 aliphatic carbocycles. The average Bonchev–Trinajstić information content (AvgIpc) is 2.52. The number of nitrogens with one attached hydrogen (secondary N) is 1. The van der Waals surface area contributed by atoms with E-state index >= 15 is 0 Å². The molecule has 0 bridgehead atoms. The molecule has 0 spiro atoms. The fourth-order valence-corrected chi connectivity index (χ4v) is 2.73. The van der Waals surface area contributed by atoms with Crippen LogP contribution in [0.25, 0.3) is 0 Å². The number of hydrazine groups is 1. The van der Waals surface area contributed by atoms with Crippen LogP contribution in [0.15, 0.2) is 15.2 Å². The van der Waals surface area contributed by atoms with E-state index < -0.39 is 0 Å². The molecule has 3 N–H and O–H groups in total. The third kappa shape index (κ3) is 4.20. The van der Waals surface area contributed by atoms with Crippen LogP contribution in [0.5, 0.6) is 0 Å². The van der Waals surface area contributed by atoms with Crippen molar-refractivity contribution in [2.24, 2.45) is 5.84 Å². The number of hydrogen-bond acceptors (Lipinski definition) is 4. The van der Waals surface area contributed by atoms with Crippen LogP contribution in [-0.2, 0) is 4.74 Å². The quantitative estimate of drug-likeness (QED) is 0.663. The molecular formula is C10H17BrN2OS. The Labute approximate surface area is 103 Å². The summed E-state index contributed by atoms with van der Waals surface area (Å²) in [5.41, 5.74) is 3.77. The maximum absolute atomic E-state index is 5.70. The lowest BCUT2D eigenvalue weighted by Crippen LogP contribution is -2.34. The molecule has 1 rings (SSSR count). The Bertz CT molecular complexity index is 309. The zero-order chi connectivity index (χ0) is 11.5. The highest BCUT2D eigenvalue weighted by Crippen LogP contribution is 2.27. The Kier molecular flexibility index (Phi) is 4.73. The molecule has 0 amide bonds. The van der Waals surface area contributed by atoms with Gasteiger partial charge in [0.15, 0.2) is 0 Å². The molecule has 0 aliphatic rings. The van der Waals surface area contributed by atoms with E-state index in [0.717, 1.165) is 10.0 Å². The normalized spacial score (nSPS) is 14.2. The van der Waals surface area contributed by atoms with Crippen molar-refractivity contribution < 1.29 is 4.74 Å². The zero-order valence-corrected chi connectivity index (χ0v) is 11.6. The van der Waals surface area contributed by atoms with Gasteiger partial charge >= 0.3 is 0 Å². The molecule has 1 unspecified atom stereocenters. The maximum Gasteiger partial charge on any atom is 0.0713 e. The first kappa shape index (κ1) is 13.1. The summed E-state index contributed by atoms with van der Waals surface area (Å²) in [5.74, 6) is 5.52. The van der Waals surface area contributed by atoms with E-state index in [-0.39, 0.29) is 11.6 Å². The van der Waals surface area contributed by atoms with E-state index in [2.05, 4.69) is 26.7 Å². The van der Waals surface area contributed by atoms with E-state index in [1.54, 1.807) is 11.3 Å². The zero-order valence-electron chi connectivity index (χ0n) is 9.21. The largest absolute Gasteiger partial charge is 0.374 e. The van der Waals surface area contributed by atoms with Crippen LogP contribution in [0, 0.1) is 0 Å². The molecule has 1 heterocycles. The minimum Gasteiger partial charge on any atom is -0.374 e. The fraction of sp³-hybridized carbons (Fsp3) is 0.600. The van der Waals surface area contributed by atoms with Crippen LogP contribution >= 0.6 is 27.3 Å². The van der Waals surface area contributed by atoms with Crippen molar-refractivity contribution in [3.8, 4) is 0 Å². The van der Waals surface area contributed by atoms with Gasteiger partial charge in [0.1, 0.15) is 0 Å². The Morgan fingerprint density at radius 2 is 2.20 bits per heavy atom. The minimum absolute atomic E-state index is 0.0323. The van der Waals surface area contributed by atoms with E-state index in [1.807, 2.05) is 26.2 Å². The van der Waals surface area contributed by atoms with Gasteiger partial charge in [0.25, 0.3) is 0 Å². The molecule has 0 saturated heterocycles. The standard InChI is InChI=1S/C10H17BrN2OS/c1-10(2,3)14-4-9(13-12)7-5-15-6-8(7)11/h5-6,9,13H,4,12H2,1-3H3. The van der Waals surface area contributed by atoms with Crippen LogP contribution in [0.3, 0.4) is 0 Å². The molecule has 0 fully saturated rings. The van der Waals surface area contributed by atoms with Crippen molar-refractivity contribution in [1.29, 1.82) is 0 Å². The first-order valence-electron chi connectivity index (χ1n) is 4.75. The van der Waals surface area contributed by atoms with E-state index in [1.165, 1.54) is 0 Å². The summed E-state index contributed by atoms with van der Waals surface area (Å²) < 4.78 is 6.78. The predicted octanol–water partition coefficient (Wildman–Crippen LogP) is 2.83. The van der Waals surface area contributed by atoms with Gasteiger partial charge in [0, 0.05) is 9.85 Å². The number of hydrogen-bond donors (Lipinski definition) is 2. The van der Waals surface area contributed by atoms with Crippen LogP contribution < -0.4 is 11.3 Å². The number of nitrogens with two attached hydrogens (primary N) is 1. The average molecular weight is 293 g/mol. The van der Waals surface area contributed by atoms with E-state index in [4.69, 9.17) is 10.6 Å². The second-order valence-electron chi connectivity index (χ2n) is 4.32. The Morgan fingerprint density at radius 1 is 1.53 bits per heavy atom. The van der Waals surface area contributed by atoms with Gasteiger partial charge in [0.2, 0.25) is 0 Å². The lowest BCUT2D eigenvalue weighted by atomic mass is 10.1. The molecule has 0 aromatic carbocycles. The molecule has 1 atom stereocenters. The Morgan fingerprint density at radius 3 is 2.60 bits per heavy atom. The lowest BCUT2D eigenvalue weighted by molar-refractivity contribution is -0.0148. The van der Waals surface area contributed by atoms with Crippen LogP contribution in [-0.4, -0.2) is 12.2 Å². The lowest BCUT2D eigenvalue weighted by Gasteiger charge is -2.24.